The second-order valence-corrected chi connectivity index (χ2v) is 8.38. The van der Waals surface area contributed by atoms with E-state index in [2.05, 4.69) is 10.3 Å². The zero-order valence-electron chi connectivity index (χ0n) is 12.7. The van der Waals surface area contributed by atoms with Crippen molar-refractivity contribution in [2.24, 2.45) is 0 Å². The number of benzene rings is 1. The molecule has 2 rings (SSSR count). The van der Waals surface area contributed by atoms with Gasteiger partial charge >= 0.3 is 0 Å². The highest BCUT2D eigenvalue weighted by atomic mass is 32.2. The number of aromatic nitrogens is 1. The summed E-state index contributed by atoms with van der Waals surface area (Å²) in [6.45, 7) is 3.65. The minimum absolute atomic E-state index is 0.0866. The molecule has 8 heteroatoms. The Hall–Kier alpha value is -1.77. The van der Waals surface area contributed by atoms with Crippen LogP contribution in [0.2, 0.25) is 0 Å². The van der Waals surface area contributed by atoms with Crippen LogP contribution in [0.3, 0.4) is 0 Å². The Bertz CT molecular complexity index is 810. The van der Waals surface area contributed by atoms with Gasteiger partial charge in [-0.2, -0.15) is 0 Å². The van der Waals surface area contributed by atoms with Gasteiger partial charge in [0.15, 0.2) is 5.13 Å². The summed E-state index contributed by atoms with van der Waals surface area (Å²) >= 11 is 1.36. The molecule has 1 heterocycles. The number of aryl methyl sites for hydroxylation is 2. The van der Waals surface area contributed by atoms with Gasteiger partial charge in [-0.3, -0.25) is 10.1 Å². The van der Waals surface area contributed by atoms with Crippen molar-refractivity contribution in [2.75, 3.05) is 19.4 Å². The van der Waals surface area contributed by atoms with E-state index in [9.17, 15) is 13.2 Å². The molecule has 0 saturated heterocycles. The van der Waals surface area contributed by atoms with E-state index in [-0.39, 0.29) is 10.8 Å². The summed E-state index contributed by atoms with van der Waals surface area (Å²) in [7, 11) is -0.675. The van der Waals surface area contributed by atoms with Gasteiger partial charge in [-0.1, -0.05) is 6.07 Å². The number of nitrogens with zero attached hydrogens (tertiary/aromatic N) is 2. The highest BCUT2D eigenvalue weighted by molar-refractivity contribution is 7.89. The average molecular weight is 339 g/mol. The SMILES string of the molecule is Cc1cnc(NC(=O)c2cc(S(=O)(=O)N(C)C)ccc2C)s1. The van der Waals surface area contributed by atoms with Crippen molar-refractivity contribution in [3.63, 3.8) is 0 Å². The minimum Gasteiger partial charge on any atom is -0.298 e. The maximum atomic E-state index is 12.3. The molecule has 0 aliphatic rings. The van der Waals surface area contributed by atoms with E-state index in [1.165, 1.54) is 37.6 Å². The van der Waals surface area contributed by atoms with Crippen molar-refractivity contribution in [1.82, 2.24) is 9.29 Å². The molecule has 0 aliphatic carbocycles. The molecule has 0 fully saturated rings. The Kier molecular flexibility index (Phi) is 4.64. The summed E-state index contributed by atoms with van der Waals surface area (Å²) in [6, 6.07) is 4.51. The van der Waals surface area contributed by atoms with Gasteiger partial charge in [0.1, 0.15) is 0 Å². The molecule has 0 aliphatic heterocycles. The van der Waals surface area contributed by atoms with Crippen molar-refractivity contribution in [2.45, 2.75) is 18.7 Å². The Balaban J connectivity index is 2.36. The molecule has 0 saturated carbocycles. The first-order valence-corrected chi connectivity index (χ1v) is 8.74. The quantitative estimate of drug-likeness (QED) is 0.927. The first-order valence-electron chi connectivity index (χ1n) is 6.49. The Morgan fingerprint density at radius 3 is 2.50 bits per heavy atom. The van der Waals surface area contributed by atoms with Crippen molar-refractivity contribution < 1.29 is 13.2 Å². The molecule has 0 bridgehead atoms. The number of hydrogen-bond acceptors (Lipinski definition) is 5. The van der Waals surface area contributed by atoms with Gasteiger partial charge in [-0.05, 0) is 31.5 Å². The molecule has 0 spiro atoms. The van der Waals surface area contributed by atoms with E-state index in [4.69, 9.17) is 0 Å². The van der Waals surface area contributed by atoms with E-state index in [0.29, 0.717) is 16.3 Å². The number of anilines is 1. The zero-order valence-corrected chi connectivity index (χ0v) is 14.4. The lowest BCUT2D eigenvalue weighted by Gasteiger charge is -2.13. The summed E-state index contributed by atoms with van der Waals surface area (Å²) in [5, 5.41) is 3.18. The summed E-state index contributed by atoms with van der Waals surface area (Å²) in [5.74, 6) is -0.373. The summed E-state index contributed by atoms with van der Waals surface area (Å²) in [6.07, 6.45) is 1.67. The smallest absolute Gasteiger partial charge is 0.257 e. The van der Waals surface area contributed by atoms with Gasteiger partial charge in [-0.25, -0.2) is 17.7 Å². The Labute approximate surface area is 133 Å². The lowest BCUT2D eigenvalue weighted by atomic mass is 10.1. The van der Waals surface area contributed by atoms with Crippen LogP contribution in [0.25, 0.3) is 0 Å². The van der Waals surface area contributed by atoms with Gasteiger partial charge in [0, 0.05) is 30.7 Å². The highest BCUT2D eigenvalue weighted by Gasteiger charge is 2.20. The molecule has 6 nitrogen and oxygen atoms in total. The van der Waals surface area contributed by atoms with Crippen molar-refractivity contribution in [3.05, 3.63) is 40.4 Å². The fourth-order valence-corrected chi connectivity index (χ4v) is 3.38. The molecular weight excluding hydrogens is 322 g/mol. The maximum absolute atomic E-state index is 12.3. The molecule has 1 N–H and O–H groups in total. The molecule has 22 heavy (non-hydrogen) atoms. The third kappa shape index (κ3) is 3.34. The van der Waals surface area contributed by atoms with Crippen LogP contribution in [-0.4, -0.2) is 37.7 Å². The van der Waals surface area contributed by atoms with Crippen LogP contribution in [0, 0.1) is 13.8 Å². The number of nitrogens with one attached hydrogen (secondary N) is 1. The number of carbonyl (C=O) groups is 1. The van der Waals surface area contributed by atoms with E-state index >= 15 is 0 Å². The van der Waals surface area contributed by atoms with Gasteiger partial charge in [0.25, 0.3) is 5.91 Å². The lowest BCUT2D eigenvalue weighted by Crippen LogP contribution is -2.23. The number of thiazole rings is 1. The van der Waals surface area contributed by atoms with Gasteiger partial charge in [-0.15, -0.1) is 11.3 Å². The molecule has 1 aromatic carbocycles. The third-order valence-corrected chi connectivity index (χ3v) is 5.71. The lowest BCUT2D eigenvalue weighted by molar-refractivity contribution is 0.102. The topological polar surface area (TPSA) is 79.4 Å². The summed E-state index contributed by atoms with van der Waals surface area (Å²) in [4.78, 5) is 17.5. The number of carbonyl (C=O) groups excluding carboxylic acids is 1. The number of amides is 1. The predicted octanol–water partition coefficient (Wildman–Crippen LogP) is 2.26. The molecule has 2 aromatic rings. The first-order chi connectivity index (χ1) is 10.2. The Morgan fingerprint density at radius 1 is 1.27 bits per heavy atom. The largest absolute Gasteiger partial charge is 0.298 e. The van der Waals surface area contributed by atoms with Crippen molar-refractivity contribution in [3.8, 4) is 0 Å². The van der Waals surface area contributed by atoms with Crippen LogP contribution >= 0.6 is 11.3 Å². The number of rotatable bonds is 4. The maximum Gasteiger partial charge on any atom is 0.257 e. The third-order valence-electron chi connectivity index (χ3n) is 3.07. The fraction of sp³-hybridized carbons (Fsp3) is 0.286. The first kappa shape index (κ1) is 16.6. The standard InChI is InChI=1S/C14H17N3O3S2/c1-9-5-6-11(22(19,20)17(3)4)7-12(9)13(18)16-14-15-8-10(2)21-14/h5-8H,1-4H3,(H,15,16,18). The monoisotopic (exact) mass is 339 g/mol. The molecule has 1 amide bonds. The second-order valence-electron chi connectivity index (χ2n) is 4.99. The van der Waals surface area contributed by atoms with Gasteiger partial charge < -0.3 is 0 Å². The molecule has 118 valence electrons. The van der Waals surface area contributed by atoms with Crippen LogP contribution in [0.4, 0.5) is 5.13 Å². The Morgan fingerprint density at radius 2 is 1.95 bits per heavy atom. The zero-order chi connectivity index (χ0) is 16.5. The van der Waals surface area contributed by atoms with Crippen molar-refractivity contribution in [1.29, 1.82) is 0 Å². The number of sulfonamides is 1. The van der Waals surface area contributed by atoms with Crippen LogP contribution in [-0.2, 0) is 10.0 Å². The van der Waals surface area contributed by atoms with E-state index in [1.54, 1.807) is 19.2 Å². The van der Waals surface area contributed by atoms with Crippen molar-refractivity contribution >= 4 is 32.4 Å². The van der Waals surface area contributed by atoms with Gasteiger partial charge in [0.2, 0.25) is 10.0 Å². The van der Waals surface area contributed by atoms with Gasteiger partial charge in [0.05, 0.1) is 4.90 Å². The highest BCUT2D eigenvalue weighted by Crippen LogP contribution is 2.21. The molecule has 0 radical (unpaired) electrons. The summed E-state index contributed by atoms with van der Waals surface area (Å²) < 4.78 is 25.4. The van der Waals surface area contributed by atoms with E-state index in [1.807, 2.05) is 6.92 Å². The minimum atomic E-state index is -3.58. The second kappa shape index (κ2) is 6.15. The number of hydrogen-bond donors (Lipinski definition) is 1. The average Bonchev–Trinajstić information content (AvgIpc) is 2.84. The molecular formula is C14H17N3O3S2. The molecule has 1 aromatic heterocycles. The van der Waals surface area contributed by atoms with Crippen LogP contribution in [0.15, 0.2) is 29.3 Å². The summed E-state index contributed by atoms with van der Waals surface area (Å²) in [5.41, 5.74) is 1.01. The van der Waals surface area contributed by atoms with E-state index < -0.39 is 10.0 Å². The van der Waals surface area contributed by atoms with E-state index in [0.717, 1.165) is 9.18 Å². The normalized spacial score (nSPS) is 11.7. The molecule has 0 unspecified atom stereocenters. The fourth-order valence-electron chi connectivity index (χ4n) is 1.79. The molecule has 0 atom stereocenters. The van der Waals surface area contributed by atoms with Crippen LogP contribution in [0.1, 0.15) is 20.8 Å². The van der Waals surface area contributed by atoms with Crippen LogP contribution in [0.5, 0.6) is 0 Å². The predicted molar refractivity (Wildman–Crippen MR) is 86.9 cm³/mol. The van der Waals surface area contributed by atoms with Crippen LogP contribution < -0.4 is 5.32 Å².